The molecule has 0 unspecified atom stereocenters. The van der Waals surface area contributed by atoms with Crippen LogP contribution in [0.5, 0.6) is 0 Å². The third-order valence-electron chi connectivity index (χ3n) is 6.06. The van der Waals surface area contributed by atoms with E-state index in [0.29, 0.717) is 5.56 Å². The van der Waals surface area contributed by atoms with E-state index in [4.69, 9.17) is 5.10 Å². The highest BCUT2D eigenvalue weighted by Gasteiger charge is 2.43. The number of pyridine rings is 1. The zero-order valence-electron chi connectivity index (χ0n) is 17.3. The number of rotatable bonds is 3. The number of aromatic nitrogens is 1. The van der Waals surface area contributed by atoms with Crippen molar-refractivity contribution >= 4 is 17.7 Å². The predicted molar refractivity (Wildman–Crippen MR) is 119 cm³/mol. The second kappa shape index (κ2) is 8.46. The van der Waals surface area contributed by atoms with Crippen LogP contribution in [-0.2, 0) is 0 Å². The van der Waals surface area contributed by atoms with Crippen molar-refractivity contribution in [1.82, 2.24) is 9.99 Å². The quantitative estimate of drug-likeness (QED) is 0.529. The lowest BCUT2D eigenvalue weighted by molar-refractivity contribution is 0.0680. The van der Waals surface area contributed by atoms with E-state index in [-0.39, 0.29) is 29.5 Å². The van der Waals surface area contributed by atoms with Gasteiger partial charge in [0.05, 0.1) is 11.8 Å². The Morgan fingerprint density at radius 2 is 1.59 bits per heavy atom. The predicted octanol–water partition coefficient (Wildman–Crippen LogP) is 5.80. The van der Waals surface area contributed by atoms with Crippen LogP contribution in [0.4, 0.5) is 8.78 Å². The van der Waals surface area contributed by atoms with Gasteiger partial charge >= 0.3 is 0 Å². The first kappa shape index (κ1) is 20.2. The van der Waals surface area contributed by atoms with Crippen LogP contribution in [0.25, 0.3) is 6.08 Å². The molecule has 4 nitrogen and oxygen atoms in total. The van der Waals surface area contributed by atoms with E-state index in [1.54, 1.807) is 48.8 Å². The maximum atomic E-state index is 13.6. The summed E-state index contributed by atoms with van der Waals surface area (Å²) in [6.07, 6.45) is 7.84. The van der Waals surface area contributed by atoms with E-state index in [0.717, 1.165) is 41.7 Å². The van der Waals surface area contributed by atoms with Crippen molar-refractivity contribution in [2.24, 2.45) is 11.0 Å². The number of carbonyl (C=O) groups is 1. The van der Waals surface area contributed by atoms with E-state index in [1.807, 2.05) is 6.08 Å². The Morgan fingerprint density at radius 3 is 2.28 bits per heavy atom. The molecule has 160 valence electrons. The van der Waals surface area contributed by atoms with Gasteiger partial charge < -0.3 is 0 Å². The second-order valence-electron chi connectivity index (χ2n) is 8.09. The molecule has 2 aromatic carbocycles. The molecule has 0 saturated heterocycles. The lowest BCUT2D eigenvalue weighted by atomic mass is 9.77. The molecule has 1 aromatic heterocycles. The molecule has 6 heteroatoms. The molecule has 2 aliphatic rings. The van der Waals surface area contributed by atoms with E-state index >= 15 is 0 Å². The summed E-state index contributed by atoms with van der Waals surface area (Å²) in [7, 11) is 0. The number of hydrazone groups is 1. The molecule has 1 aliphatic carbocycles. The number of hydrogen-bond acceptors (Lipinski definition) is 3. The SMILES string of the molecule is O=C(c1ccncc1)N1N=C2/C(=C\c3ccc(F)cc3)CCC[C@@H]2[C@@H]1c1ccc(F)cc1. The molecule has 0 spiro atoms. The van der Waals surface area contributed by atoms with E-state index < -0.39 is 0 Å². The largest absolute Gasteiger partial charge is 0.274 e. The van der Waals surface area contributed by atoms with Gasteiger partial charge in [0.2, 0.25) is 0 Å². The van der Waals surface area contributed by atoms with Gasteiger partial charge in [-0.3, -0.25) is 9.78 Å². The van der Waals surface area contributed by atoms with Crippen molar-refractivity contribution in [1.29, 1.82) is 0 Å². The molecule has 1 saturated carbocycles. The molecule has 1 amide bonds. The summed E-state index contributed by atoms with van der Waals surface area (Å²) in [5.41, 5.74) is 4.16. The van der Waals surface area contributed by atoms with Crippen LogP contribution in [0.3, 0.4) is 0 Å². The van der Waals surface area contributed by atoms with Crippen molar-refractivity contribution in [3.63, 3.8) is 0 Å². The zero-order valence-corrected chi connectivity index (χ0v) is 17.3. The fourth-order valence-electron chi connectivity index (χ4n) is 4.55. The number of nitrogens with zero attached hydrogens (tertiary/aromatic N) is 3. The van der Waals surface area contributed by atoms with Crippen LogP contribution in [0.2, 0.25) is 0 Å². The highest BCUT2D eigenvalue weighted by molar-refractivity contribution is 6.09. The van der Waals surface area contributed by atoms with Crippen LogP contribution in [0, 0.1) is 17.6 Å². The summed E-state index contributed by atoms with van der Waals surface area (Å²) in [4.78, 5) is 17.4. The van der Waals surface area contributed by atoms with Crippen LogP contribution >= 0.6 is 0 Å². The fraction of sp³-hybridized carbons (Fsp3) is 0.192. The fourth-order valence-corrected chi connectivity index (χ4v) is 4.55. The summed E-state index contributed by atoms with van der Waals surface area (Å²) < 4.78 is 26.9. The van der Waals surface area contributed by atoms with E-state index in [2.05, 4.69) is 4.98 Å². The third-order valence-corrected chi connectivity index (χ3v) is 6.06. The lowest BCUT2D eigenvalue weighted by Crippen LogP contribution is -2.31. The number of hydrogen-bond donors (Lipinski definition) is 0. The smallest absolute Gasteiger partial charge is 0.267 e. The number of amides is 1. The Kier molecular flexibility index (Phi) is 5.35. The van der Waals surface area contributed by atoms with Crippen molar-refractivity contribution in [3.05, 3.63) is 107 Å². The Bertz CT molecular complexity index is 1190. The van der Waals surface area contributed by atoms with Gasteiger partial charge in [0.15, 0.2) is 0 Å². The van der Waals surface area contributed by atoms with Gasteiger partial charge in [-0.25, -0.2) is 13.8 Å². The lowest BCUT2D eigenvalue weighted by Gasteiger charge is -2.29. The normalized spacial score (nSPS) is 21.4. The maximum absolute atomic E-state index is 13.6. The van der Waals surface area contributed by atoms with Gasteiger partial charge in [-0.15, -0.1) is 0 Å². The molecule has 0 radical (unpaired) electrons. The Hall–Kier alpha value is -3.67. The minimum Gasteiger partial charge on any atom is -0.267 e. The van der Waals surface area contributed by atoms with Gasteiger partial charge in [0, 0.05) is 23.9 Å². The molecule has 1 fully saturated rings. The van der Waals surface area contributed by atoms with Crippen LogP contribution in [0.1, 0.15) is 46.8 Å². The highest BCUT2D eigenvalue weighted by Crippen LogP contribution is 2.44. The van der Waals surface area contributed by atoms with Gasteiger partial charge in [-0.1, -0.05) is 24.3 Å². The van der Waals surface area contributed by atoms with Crippen LogP contribution < -0.4 is 0 Å². The molecule has 0 N–H and O–H groups in total. The monoisotopic (exact) mass is 429 g/mol. The summed E-state index contributed by atoms with van der Waals surface area (Å²) >= 11 is 0. The van der Waals surface area contributed by atoms with E-state index in [1.165, 1.54) is 29.3 Å². The topological polar surface area (TPSA) is 45.6 Å². The zero-order chi connectivity index (χ0) is 22.1. The summed E-state index contributed by atoms with van der Waals surface area (Å²) in [6.45, 7) is 0. The minimum atomic E-state index is -0.319. The average Bonchev–Trinajstić information content (AvgIpc) is 3.22. The first-order valence-corrected chi connectivity index (χ1v) is 10.6. The molecular weight excluding hydrogens is 408 g/mol. The summed E-state index contributed by atoms with van der Waals surface area (Å²) in [5, 5.41) is 6.34. The number of benzene rings is 2. The minimum absolute atomic E-state index is 0.00620. The Labute approximate surface area is 184 Å². The molecule has 2 atom stereocenters. The number of allylic oxidation sites excluding steroid dienone is 1. The third kappa shape index (κ3) is 3.84. The number of fused-ring (bicyclic) bond motifs is 1. The van der Waals surface area contributed by atoms with E-state index in [9.17, 15) is 13.6 Å². The van der Waals surface area contributed by atoms with Crippen molar-refractivity contribution < 1.29 is 13.6 Å². The molecule has 32 heavy (non-hydrogen) atoms. The summed E-state index contributed by atoms with van der Waals surface area (Å²) in [6, 6.07) is 15.6. The van der Waals surface area contributed by atoms with Crippen molar-refractivity contribution in [2.45, 2.75) is 25.3 Å². The van der Waals surface area contributed by atoms with Crippen LogP contribution in [0.15, 0.2) is 83.7 Å². The average molecular weight is 429 g/mol. The van der Waals surface area contributed by atoms with Crippen molar-refractivity contribution in [3.8, 4) is 0 Å². The number of carbonyl (C=O) groups excluding carboxylic acids is 1. The van der Waals surface area contributed by atoms with Crippen molar-refractivity contribution in [2.75, 3.05) is 0 Å². The first-order chi connectivity index (χ1) is 15.6. The van der Waals surface area contributed by atoms with Gasteiger partial charge in [-0.05, 0) is 78.4 Å². The molecule has 5 rings (SSSR count). The maximum Gasteiger partial charge on any atom is 0.274 e. The van der Waals surface area contributed by atoms with Gasteiger partial charge in [0.1, 0.15) is 11.6 Å². The number of halogens is 2. The molecule has 2 heterocycles. The highest BCUT2D eigenvalue weighted by atomic mass is 19.1. The molecule has 0 bridgehead atoms. The van der Waals surface area contributed by atoms with Crippen LogP contribution in [-0.4, -0.2) is 21.6 Å². The second-order valence-corrected chi connectivity index (χ2v) is 8.09. The molecule has 1 aliphatic heterocycles. The van der Waals surface area contributed by atoms with Gasteiger partial charge in [0.25, 0.3) is 5.91 Å². The Morgan fingerprint density at radius 1 is 0.938 bits per heavy atom. The molecular formula is C26H21F2N3O. The molecule has 3 aromatic rings. The van der Waals surface area contributed by atoms with Gasteiger partial charge in [-0.2, -0.15) is 5.10 Å². The standard InChI is InChI=1S/C26H21F2N3O/c27-21-8-4-17(5-9-21)16-20-2-1-3-23-24(20)30-31(26(32)19-12-14-29-15-13-19)25(23)18-6-10-22(28)11-7-18/h4-16,23,25H,1-3H2/b20-16-/t23-,25-/m0/s1. The first-order valence-electron chi connectivity index (χ1n) is 10.6. The summed E-state index contributed by atoms with van der Waals surface area (Å²) in [5.74, 6) is -0.811. The Balaban J connectivity index is 1.57.